The maximum absolute atomic E-state index is 10.8. The summed E-state index contributed by atoms with van der Waals surface area (Å²) in [6.07, 6.45) is 2.32. The predicted molar refractivity (Wildman–Crippen MR) is 72.3 cm³/mol. The van der Waals surface area contributed by atoms with Gasteiger partial charge in [0.25, 0.3) is 0 Å². The Bertz CT molecular complexity index is 406. The lowest BCUT2D eigenvalue weighted by Crippen LogP contribution is -2.41. The molecule has 0 aromatic heterocycles. The Morgan fingerprint density at radius 3 is 2.22 bits per heavy atom. The molecule has 98 valence electrons. The lowest BCUT2D eigenvalue weighted by molar-refractivity contribution is 0.0697. The third-order valence-electron chi connectivity index (χ3n) is 3.67. The monoisotopic (exact) mass is 248 g/mol. The van der Waals surface area contributed by atoms with Crippen molar-refractivity contribution in [1.82, 2.24) is 4.90 Å². The Balaban J connectivity index is 1.99. The molecule has 1 aromatic carbocycles. The van der Waals surface area contributed by atoms with Crippen LogP contribution in [0.2, 0.25) is 0 Å². The molecule has 1 fully saturated rings. The van der Waals surface area contributed by atoms with Gasteiger partial charge in [0.15, 0.2) is 0 Å². The molecule has 1 aromatic rings. The van der Waals surface area contributed by atoms with E-state index in [4.69, 9.17) is 5.11 Å². The van der Waals surface area contributed by atoms with Gasteiger partial charge in [-0.15, -0.1) is 0 Å². The molecule has 0 radical (unpaired) electrons. The molecule has 0 aliphatic carbocycles. The van der Waals surface area contributed by atoms with E-state index in [2.05, 4.69) is 23.9 Å². The van der Waals surface area contributed by atoms with E-state index >= 15 is 0 Å². The van der Waals surface area contributed by atoms with Crippen LogP contribution in [0.4, 0.5) is 5.69 Å². The van der Waals surface area contributed by atoms with Crippen molar-refractivity contribution in [3.05, 3.63) is 29.8 Å². The molecule has 1 heterocycles. The smallest absolute Gasteiger partial charge is 0.335 e. The summed E-state index contributed by atoms with van der Waals surface area (Å²) < 4.78 is 0. The first-order valence-electron chi connectivity index (χ1n) is 6.32. The average molecular weight is 248 g/mol. The molecule has 0 atom stereocenters. The summed E-state index contributed by atoms with van der Waals surface area (Å²) in [7, 11) is 4.25. The summed E-state index contributed by atoms with van der Waals surface area (Å²) in [6.45, 7) is 2.07. The van der Waals surface area contributed by atoms with Crippen LogP contribution < -0.4 is 4.90 Å². The summed E-state index contributed by atoms with van der Waals surface area (Å²) in [5.74, 6) is -0.868. The second-order valence-electron chi connectivity index (χ2n) is 5.03. The van der Waals surface area contributed by atoms with Gasteiger partial charge in [-0.3, -0.25) is 0 Å². The van der Waals surface area contributed by atoms with Crippen molar-refractivity contribution in [3.8, 4) is 0 Å². The van der Waals surface area contributed by atoms with E-state index in [-0.39, 0.29) is 0 Å². The Morgan fingerprint density at radius 2 is 1.78 bits per heavy atom. The van der Waals surface area contributed by atoms with Gasteiger partial charge in [-0.05, 0) is 51.2 Å². The van der Waals surface area contributed by atoms with E-state index < -0.39 is 5.97 Å². The molecule has 1 N–H and O–H groups in total. The average Bonchev–Trinajstić information content (AvgIpc) is 2.39. The first kappa shape index (κ1) is 12.9. The first-order chi connectivity index (χ1) is 8.58. The first-order valence-corrected chi connectivity index (χ1v) is 6.32. The van der Waals surface area contributed by atoms with Gasteiger partial charge in [0, 0.05) is 24.8 Å². The normalized spacial score (nSPS) is 17.2. The zero-order chi connectivity index (χ0) is 13.1. The number of rotatable bonds is 3. The highest BCUT2D eigenvalue weighted by Crippen LogP contribution is 2.22. The topological polar surface area (TPSA) is 43.8 Å². The van der Waals surface area contributed by atoms with Gasteiger partial charge in [0.05, 0.1) is 5.56 Å². The van der Waals surface area contributed by atoms with Crippen LogP contribution in [-0.2, 0) is 0 Å². The molecule has 0 unspecified atom stereocenters. The van der Waals surface area contributed by atoms with E-state index in [1.165, 1.54) is 0 Å². The van der Waals surface area contributed by atoms with Crippen LogP contribution in [0.5, 0.6) is 0 Å². The number of nitrogens with zero attached hydrogens (tertiary/aromatic N) is 2. The van der Waals surface area contributed by atoms with Gasteiger partial charge in [0.2, 0.25) is 0 Å². The molecule has 1 aliphatic rings. The van der Waals surface area contributed by atoms with Crippen molar-refractivity contribution in [1.29, 1.82) is 0 Å². The minimum Gasteiger partial charge on any atom is -0.478 e. The number of carboxylic acids is 1. The molecule has 0 saturated carbocycles. The standard InChI is InChI=1S/C14H20N2O2/c1-15(2)12-7-9-16(10-8-12)13-5-3-11(4-6-13)14(17)18/h3-6,12H,7-10H2,1-2H3,(H,17,18). The highest BCUT2D eigenvalue weighted by atomic mass is 16.4. The van der Waals surface area contributed by atoms with E-state index in [0.717, 1.165) is 31.6 Å². The Labute approximate surface area is 108 Å². The molecule has 4 nitrogen and oxygen atoms in total. The number of carboxylic acid groups (broad SMARTS) is 1. The quantitative estimate of drug-likeness (QED) is 0.887. The summed E-state index contributed by atoms with van der Waals surface area (Å²) in [5.41, 5.74) is 1.47. The number of anilines is 1. The maximum Gasteiger partial charge on any atom is 0.335 e. The van der Waals surface area contributed by atoms with Crippen LogP contribution in [0.3, 0.4) is 0 Å². The van der Waals surface area contributed by atoms with Gasteiger partial charge >= 0.3 is 5.97 Å². The van der Waals surface area contributed by atoms with Crippen molar-refractivity contribution in [3.63, 3.8) is 0 Å². The lowest BCUT2D eigenvalue weighted by atomic mass is 10.0. The van der Waals surface area contributed by atoms with Gasteiger partial charge < -0.3 is 14.9 Å². The maximum atomic E-state index is 10.8. The molecule has 1 saturated heterocycles. The van der Waals surface area contributed by atoms with Crippen molar-refractivity contribution in [2.75, 3.05) is 32.1 Å². The molecule has 0 amide bonds. The van der Waals surface area contributed by atoms with E-state index in [1.807, 2.05) is 12.1 Å². The molecule has 18 heavy (non-hydrogen) atoms. The predicted octanol–water partition coefficient (Wildman–Crippen LogP) is 1.92. The minimum atomic E-state index is -0.868. The molecular formula is C14H20N2O2. The summed E-state index contributed by atoms with van der Waals surface area (Å²) in [5, 5.41) is 8.86. The SMILES string of the molecule is CN(C)C1CCN(c2ccc(C(=O)O)cc2)CC1. The highest BCUT2D eigenvalue weighted by molar-refractivity contribution is 5.88. The molecule has 0 bridgehead atoms. The largest absolute Gasteiger partial charge is 0.478 e. The van der Waals surface area contributed by atoms with Gasteiger partial charge in [-0.1, -0.05) is 0 Å². The van der Waals surface area contributed by atoms with Crippen molar-refractivity contribution < 1.29 is 9.90 Å². The van der Waals surface area contributed by atoms with Crippen molar-refractivity contribution in [2.24, 2.45) is 0 Å². The Kier molecular flexibility index (Phi) is 3.87. The zero-order valence-corrected chi connectivity index (χ0v) is 11.0. The second kappa shape index (κ2) is 5.40. The van der Waals surface area contributed by atoms with Crippen LogP contribution in [0.15, 0.2) is 24.3 Å². The van der Waals surface area contributed by atoms with Gasteiger partial charge in [-0.25, -0.2) is 4.79 Å². The molecule has 4 heteroatoms. The number of benzene rings is 1. The van der Waals surface area contributed by atoms with Gasteiger partial charge in [0.1, 0.15) is 0 Å². The fourth-order valence-corrected chi connectivity index (χ4v) is 2.46. The summed E-state index contributed by atoms with van der Waals surface area (Å²) in [4.78, 5) is 15.4. The fraction of sp³-hybridized carbons (Fsp3) is 0.500. The van der Waals surface area contributed by atoms with E-state index in [9.17, 15) is 4.79 Å². The van der Waals surface area contributed by atoms with E-state index in [1.54, 1.807) is 12.1 Å². The summed E-state index contributed by atoms with van der Waals surface area (Å²) in [6, 6.07) is 7.82. The third kappa shape index (κ3) is 2.82. The van der Waals surface area contributed by atoms with Crippen LogP contribution in [0.1, 0.15) is 23.2 Å². The number of carbonyl (C=O) groups is 1. The fourth-order valence-electron chi connectivity index (χ4n) is 2.46. The van der Waals surface area contributed by atoms with Crippen LogP contribution >= 0.6 is 0 Å². The third-order valence-corrected chi connectivity index (χ3v) is 3.67. The minimum absolute atomic E-state index is 0.349. The van der Waals surface area contributed by atoms with Gasteiger partial charge in [-0.2, -0.15) is 0 Å². The number of aromatic carboxylic acids is 1. The summed E-state index contributed by atoms with van der Waals surface area (Å²) >= 11 is 0. The second-order valence-corrected chi connectivity index (χ2v) is 5.03. The van der Waals surface area contributed by atoms with E-state index in [0.29, 0.717) is 11.6 Å². The number of hydrogen-bond acceptors (Lipinski definition) is 3. The van der Waals surface area contributed by atoms with Crippen LogP contribution in [0, 0.1) is 0 Å². The molecule has 2 rings (SSSR count). The van der Waals surface area contributed by atoms with Crippen LogP contribution in [0.25, 0.3) is 0 Å². The Morgan fingerprint density at radius 1 is 1.22 bits per heavy atom. The lowest BCUT2D eigenvalue weighted by Gasteiger charge is -2.36. The Hall–Kier alpha value is -1.55. The van der Waals surface area contributed by atoms with Crippen LogP contribution in [-0.4, -0.2) is 49.2 Å². The molecule has 1 aliphatic heterocycles. The number of piperidine rings is 1. The molecule has 0 spiro atoms. The van der Waals surface area contributed by atoms with Crippen molar-refractivity contribution in [2.45, 2.75) is 18.9 Å². The zero-order valence-electron chi connectivity index (χ0n) is 11.0. The highest BCUT2D eigenvalue weighted by Gasteiger charge is 2.20. The molecular weight excluding hydrogens is 228 g/mol. The van der Waals surface area contributed by atoms with Crippen molar-refractivity contribution >= 4 is 11.7 Å². The number of hydrogen-bond donors (Lipinski definition) is 1.